The molecule has 0 aliphatic heterocycles. The van der Waals surface area contributed by atoms with Gasteiger partial charge in [-0.15, -0.1) is 0 Å². The summed E-state index contributed by atoms with van der Waals surface area (Å²) in [5.41, 5.74) is 5.22. The molecule has 0 aliphatic rings. The average Bonchev–Trinajstić information content (AvgIpc) is 2.16. The molecule has 0 saturated carbocycles. The van der Waals surface area contributed by atoms with E-state index >= 15 is 0 Å². The van der Waals surface area contributed by atoms with Gasteiger partial charge >= 0.3 is 0 Å². The smallest absolute Gasteiger partial charge is 0.248 e. The second-order valence-electron chi connectivity index (χ2n) is 2.60. The van der Waals surface area contributed by atoms with E-state index < -0.39 is 5.91 Å². The molecule has 5 nitrogen and oxygen atoms in total. The van der Waals surface area contributed by atoms with E-state index in [1.165, 1.54) is 26.4 Å². The number of benzene rings is 1. The zero-order valence-corrected chi connectivity index (χ0v) is 7.90. The lowest BCUT2D eigenvalue weighted by Crippen LogP contribution is -2.11. The number of primary amides is 1. The van der Waals surface area contributed by atoms with Crippen molar-refractivity contribution in [2.75, 3.05) is 14.2 Å². The second-order valence-corrected chi connectivity index (χ2v) is 2.60. The number of amides is 1. The molecule has 0 atom stereocenters. The molecular weight excluding hydrogens is 186 g/mol. The van der Waals surface area contributed by atoms with Crippen LogP contribution < -0.4 is 15.2 Å². The molecule has 0 saturated heterocycles. The van der Waals surface area contributed by atoms with Crippen molar-refractivity contribution in [2.45, 2.75) is 0 Å². The molecule has 0 spiro atoms. The number of phenolic OH excluding ortho intramolecular Hbond substituents is 1. The van der Waals surface area contributed by atoms with Gasteiger partial charge in [0.2, 0.25) is 11.7 Å². The Kier molecular flexibility index (Phi) is 2.81. The van der Waals surface area contributed by atoms with Crippen LogP contribution in [0, 0.1) is 0 Å². The third kappa shape index (κ3) is 1.71. The predicted octanol–water partition coefficient (Wildman–Crippen LogP) is 0.508. The molecule has 1 aromatic carbocycles. The van der Waals surface area contributed by atoms with Crippen molar-refractivity contribution >= 4 is 5.91 Å². The van der Waals surface area contributed by atoms with Crippen LogP contribution in [0.2, 0.25) is 0 Å². The molecule has 0 unspecified atom stereocenters. The molecule has 76 valence electrons. The van der Waals surface area contributed by atoms with E-state index in [4.69, 9.17) is 15.2 Å². The number of aromatic hydroxyl groups is 1. The highest BCUT2D eigenvalue weighted by Crippen LogP contribution is 2.37. The minimum absolute atomic E-state index is 0.167. The SMILES string of the molecule is COc1cc(C(N)=O)cc(O)c1OC. The van der Waals surface area contributed by atoms with E-state index in [9.17, 15) is 9.90 Å². The number of hydrogen-bond acceptors (Lipinski definition) is 4. The van der Waals surface area contributed by atoms with E-state index in [1.54, 1.807) is 0 Å². The number of carbonyl (C=O) groups excluding carboxylic acids is 1. The number of phenols is 1. The van der Waals surface area contributed by atoms with Crippen molar-refractivity contribution in [3.05, 3.63) is 17.7 Å². The van der Waals surface area contributed by atoms with Crippen molar-refractivity contribution in [3.63, 3.8) is 0 Å². The van der Waals surface area contributed by atoms with Gasteiger partial charge in [0, 0.05) is 5.56 Å². The topological polar surface area (TPSA) is 81.8 Å². The molecule has 1 aromatic rings. The van der Waals surface area contributed by atoms with E-state index in [0.717, 1.165) is 0 Å². The van der Waals surface area contributed by atoms with Gasteiger partial charge < -0.3 is 20.3 Å². The maximum Gasteiger partial charge on any atom is 0.248 e. The zero-order valence-electron chi connectivity index (χ0n) is 7.90. The number of nitrogens with two attached hydrogens (primary N) is 1. The van der Waals surface area contributed by atoms with Crippen LogP contribution in [0.15, 0.2) is 12.1 Å². The zero-order chi connectivity index (χ0) is 10.7. The predicted molar refractivity (Wildman–Crippen MR) is 49.7 cm³/mol. The van der Waals surface area contributed by atoms with Crippen molar-refractivity contribution in [1.29, 1.82) is 0 Å². The second kappa shape index (κ2) is 3.87. The number of methoxy groups -OCH3 is 2. The largest absolute Gasteiger partial charge is 0.504 e. The molecule has 0 aliphatic carbocycles. The van der Waals surface area contributed by atoms with Gasteiger partial charge in [0.1, 0.15) is 0 Å². The average molecular weight is 197 g/mol. The van der Waals surface area contributed by atoms with Crippen LogP contribution in [0.5, 0.6) is 17.2 Å². The van der Waals surface area contributed by atoms with E-state index in [1.807, 2.05) is 0 Å². The van der Waals surface area contributed by atoms with Crippen LogP contribution in [0.1, 0.15) is 10.4 Å². The van der Waals surface area contributed by atoms with Crippen LogP contribution >= 0.6 is 0 Å². The quantitative estimate of drug-likeness (QED) is 0.739. The number of ether oxygens (including phenoxy) is 2. The molecule has 1 rings (SSSR count). The number of carbonyl (C=O) groups is 1. The number of hydrogen-bond donors (Lipinski definition) is 2. The summed E-state index contributed by atoms with van der Waals surface area (Å²) in [5.74, 6) is -0.374. The third-order valence-electron chi connectivity index (χ3n) is 1.74. The Morgan fingerprint density at radius 1 is 1.36 bits per heavy atom. The first-order valence-electron chi connectivity index (χ1n) is 3.85. The Labute approximate surface area is 81.0 Å². The summed E-state index contributed by atoms with van der Waals surface area (Å²) in [7, 11) is 2.80. The fraction of sp³-hybridized carbons (Fsp3) is 0.222. The minimum Gasteiger partial charge on any atom is -0.504 e. The molecule has 0 fully saturated rings. The first kappa shape index (κ1) is 10.2. The van der Waals surface area contributed by atoms with Gasteiger partial charge in [0.25, 0.3) is 0 Å². The Morgan fingerprint density at radius 2 is 2.00 bits per heavy atom. The van der Waals surface area contributed by atoms with Crippen LogP contribution in [0.4, 0.5) is 0 Å². The fourth-order valence-corrected chi connectivity index (χ4v) is 1.09. The summed E-state index contributed by atoms with van der Waals surface area (Å²) in [6, 6.07) is 2.63. The summed E-state index contributed by atoms with van der Waals surface area (Å²) in [6.07, 6.45) is 0. The Balaban J connectivity index is 3.31. The van der Waals surface area contributed by atoms with E-state index in [0.29, 0.717) is 0 Å². The van der Waals surface area contributed by atoms with Gasteiger partial charge in [-0.05, 0) is 12.1 Å². The molecule has 0 heterocycles. The monoisotopic (exact) mass is 197 g/mol. The van der Waals surface area contributed by atoms with Gasteiger partial charge in [0.15, 0.2) is 11.5 Å². The highest BCUT2D eigenvalue weighted by atomic mass is 16.5. The molecule has 1 amide bonds. The molecule has 0 bridgehead atoms. The van der Waals surface area contributed by atoms with Crippen molar-refractivity contribution < 1.29 is 19.4 Å². The van der Waals surface area contributed by atoms with Crippen molar-refractivity contribution in [3.8, 4) is 17.2 Å². The highest BCUT2D eigenvalue weighted by molar-refractivity contribution is 5.94. The third-order valence-corrected chi connectivity index (χ3v) is 1.74. The summed E-state index contributed by atoms with van der Waals surface area (Å²) in [4.78, 5) is 10.8. The molecule has 0 aromatic heterocycles. The van der Waals surface area contributed by atoms with Gasteiger partial charge in [-0.3, -0.25) is 4.79 Å². The Hall–Kier alpha value is -1.91. The van der Waals surface area contributed by atoms with Crippen LogP contribution in [0.3, 0.4) is 0 Å². The van der Waals surface area contributed by atoms with Gasteiger partial charge in [-0.2, -0.15) is 0 Å². The van der Waals surface area contributed by atoms with E-state index in [-0.39, 0.29) is 22.8 Å². The molecule has 5 heteroatoms. The fourth-order valence-electron chi connectivity index (χ4n) is 1.09. The highest BCUT2D eigenvalue weighted by Gasteiger charge is 2.13. The molecule has 3 N–H and O–H groups in total. The van der Waals surface area contributed by atoms with Gasteiger partial charge in [-0.1, -0.05) is 0 Å². The first-order chi connectivity index (χ1) is 6.60. The lowest BCUT2D eigenvalue weighted by Gasteiger charge is -2.09. The van der Waals surface area contributed by atoms with Crippen molar-refractivity contribution in [2.24, 2.45) is 5.73 Å². The van der Waals surface area contributed by atoms with Crippen LogP contribution in [0.25, 0.3) is 0 Å². The normalized spacial score (nSPS) is 9.57. The van der Waals surface area contributed by atoms with E-state index in [2.05, 4.69) is 0 Å². The summed E-state index contributed by atoms with van der Waals surface area (Å²) < 4.78 is 9.79. The molecule has 14 heavy (non-hydrogen) atoms. The summed E-state index contributed by atoms with van der Waals surface area (Å²) in [6.45, 7) is 0. The van der Waals surface area contributed by atoms with Gasteiger partial charge in [0.05, 0.1) is 14.2 Å². The lowest BCUT2D eigenvalue weighted by molar-refractivity contribution is 0.0999. The van der Waals surface area contributed by atoms with Gasteiger partial charge in [-0.25, -0.2) is 0 Å². The minimum atomic E-state index is -0.638. The Bertz CT molecular complexity index is 362. The lowest BCUT2D eigenvalue weighted by atomic mass is 10.2. The Morgan fingerprint density at radius 3 is 2.43 bits per heavy atom. The standard InChI is InChI=1S/C9H11NO4/c1-13-7-4-5(9(10)12)3-6(11)8(7)14-2/h3-4,11H,1-2H3,(H2,10,12). The molecule has 0 radical (unpaired) electrons. The number of rotatable bonds is 3. The van der Waals surface area contributed by atoms with Crippen LogP contribution in [-0.4, -0.2) is 25.2 Å². The summed E-state index contributed by atoms with van der Waals surface area (Å²) in [5, 5.41) is 9.44. The maximum absolute atomic E-state index is 10.8. The first-order valence-corrected chi connectivity index (χ1v) is 3.85. The van der Waals surface area contributed by atoms with Crippen molar-refractivity contribution in [1.82, 2.24) is 0 Å². The maximum atomic E-state index is 10.8. The molecular formula is C9H11NO4. The van der Waals surface area contributed by atoms with Crippen LogP contribution in [-0.2, 0) is 0 Å². The summed E-state index contributed by atoms with van der Waals surface area (Å²) >= 11 is 0.